The Labute approximate surface area is 134 Å². The molecule has 0 aliphatic heterocycles. The quantitative estimate of drug-likeness (QED) is 0.569. The van der Waals surface area contributed by atoms with E-state index in [1.54, 1.807) is 11.3 Å². The van der Waals surface area contributed by atoms with Crippen molar-refractivity contribution in [1.82, 2.24) is 9.97 Å². The Kier molecular flexibility index (Phi) is 5.45. The fourth-order valence-corrected chi connectivity index (χ4v) is 3.00. The fourth-order valence-electron chi connectivity index (χ4n) is 1.58. The van der Waals surface area contributed by atoms with Crippen LogP contribution in [0.3, 0.4) is 0 Å². The monoisotopic (exact) mass is 371 g/mol. The molecule has 7 nitrogen and oxygen atoms in total. The van der Waals surface area contributed by atoms with Crippen molar-refractivity contribution in [3.63, 3.8) is 0 Å². The van der Waals surface area contributed by atoms with Crippen LogP contribution < -0.4 is 10.6 Å². The fraction of sp³-hybridized carbons (Fsp3) is 0.333. The minimum atomic E-state index is -0.490. The van der Waals surface area contributed by atoms with Gasteiger partial charge >= 0.3 is 5.69 Å². The second-order valence-corrected chi connectivity index (χ2v) is 6.72. The Hall–Kier alpha value is -1.74. The number of aromatic nitrogens is 2. The third-order valence-electron chi connectivity index (χ3n) is 2.56. The van der Waals surface area contributed by atoms with E-state index in [-0.39, 0.29) is 11.5 Å². The largest absolute Gasteiger partial charge is 0.359 e. The topological polar surface area (TPSA) is 93.0 Å². The van der Waals surface area contributed by atoms with Crippen LogP contribution >= 0.6 is 27.3 Å². The van der Waals surface area contributed by atoms with Gasteiger partial charge in [-0.2, -0.15) is 4.98 Å². The van der Waals surface area contributed by atoms with Gasteiger partial charge in [0.15, 0.2) is 0 Å². The SMILES string of the molecule is CCCNc1ncc([N+](=O)[O-])c(NCc2ccc(Br)s2)n1. The summed E-state index contributed by atoms with van der Waals surface area (Å²) < 4.78 is 1.02. The van der Waals surface area contributed by atoms with Crippen molar-refractivity contribution < 1.29 is 4.92 Å². The number of rotatable bonds is 7. The first-order chi connectivity index (χ1) is 10.1. The van der Waals surface area contributed by atoms with Crippen LogP contribution in [0.15, 0.2) is 22.1 Å². The summed E-state index contributed by atoms with van der Waals surface area (Å²) in [6, 6.07) is 3.88. The number of nitrogens with one attached hydrogen (secondary N) is 2. The minimum Gasteiger partial charge on any atom is -0.359 e. The van der Waals surface area contributed by atoms with E-state index in [1.165, 1.54) is 6.20 Å². The molecule has 0 amide bonds. The van der Waals surface area contributed by atoms with Gasteiger partial charge in [-0.25, -0.2) is 4.98 Å². The van der Waals surface area contributed by atoms with Crippen LogP contribution in [0.5, 0.6) is 0 Å². The predicted octanol–water partition coefficient (Wildman–Crippen LogP) is 3.64. The second kappa shape index (κ2) is 7.32. The summed E-state index contributed by atoms with van der Waals surface area (Å²) in [6.07, 6.45) is 2.14. The molecular weight excluding hydrogens is 358 g/mol. The molecule has 0 atom stereocenters. The molecule has 2 aromatic rings. The van der Waals surface area contributed by atoms with Crippen LogP contribution in [0, 0.1) is 10.1 Å². The highest BCUT2D eigenvalue weighted by molar-refractivity contribution is 9.11. The summed E-state index contributed by atoms with van der Waals surface area (Å²) in [4.78, 5) is 19.7. The van der Waals surface area contributed by atoms with Crippen LogP contribution in [0.1, 0.15) is 18.2 Å². The second-order valence-electron chi connectivity index (χ2n) is 4.17. The van der Waals surface area contributed by atoms with Crippen molar-refractivity contribution in [2.24, 2.45) is 0 Å². The van der Waals surface area contributed by atoms with Gasteiger partial charge in [-0.15, -0.1) is 11.3 Å². The summed E-state index contributed by atoms with van der Waals surface area (Å²) in [5, 5.41) is 17.0. The summed E-state index contributed by atoms with van der Waals surface area (Å²) in [6.45, 7) is 3.21. The summed E-state index contributed by atoms with van der Waals surface area (Å²) in [5.74, 6) is 0.607. The third-order valence-corrected chi connectivity index (χ3v) is 4.18. The first kappa shape index (κ1) is 15.6. The molecule has 21 heavy (non-hydrogen) atoms. The van der Waals surface area contributed by atoms with Crippen LogP contribution in [0.25, 0.3) is 0 Å². The van der Waals surface area contributed by atoms with Gasteiger partial charge in [-0.1, -0.05) is 6.92 Å². The number of halogens is 1. The highest BCUT2D eigenvalue weighted by atomic mass is 79.9. The van der Waals surface area contributed by atoms with Crippen molar-refractivity contribution in [3.05, 3.63) is 37.1 Å². The first-order valence-electron chi connectivity index (χ1n) is 6.33. The molecule has 9 heteroatoms. The van der Waals surface area contributed by atoms with Gasteiger partial charge in [0.25, 0.3) is 0 Å². The molecule has 0 spiro atoms. The van der Waals surface area contributed by atoms with Crippen molar-refractivity contribution >= 4 is 44.7 Å². The molecule has 2 rings (SSSR count). The first-order valence-corrected chi connectivity index (χ1v) is 7.94. The maximum absolute atomic E-state index is 11.0. The zero-order valence-corrected chi connectivity index (χ0v) is 13.7. The van der Waals surface area contributed by atoms with E-state index in [4.69, 9.17) is 0 Å². The molecule has 112 valence electrons. The van der Waals surface area contributed by atoms with Crippen molar-refractivity contribution in [1.29, 1.82) is 0 Å². The maximum Gasteiger partial charge on any atom is 0.329 e. The van der Waals surface area contributed by atoms with Gasteiger partial charge in [0, 0.05) is 11.4 Å². The molecule has 2 heterocycles. The minimum absolute atomic E-state index is 0.132. The Balaban J connectivity index is 2.15. The Morgan fingerprint density at radius 3 is 2.86 bits per heavy atom. The molecule has 0 aromatic carbocycles. The van der Waals surface area contributed by atoms with Gasteiger partial charge in [0.2, 0.25) is 11.8 Å². The number of nitro groups is 1. The molecule has 0 bridgehead atoms. The average molecular weight is 372 g/mol. The number of thiophene rings is 1. The summed E-state index contributed by atoms with van der Waals surface area (Å²) in [7, 11) is 0. The van der Waals surface area contributed by atoms with E-state index in [9.17, 15) is 10.1 Å². The number of hydrogen-bond donors (Lipinski definition) is 2. The number of hydrogen-bond acceptors (Lipinski definition) is 7. The van der Waals surface area contributed by atoms with Crippen molar-refractivity contribution in [3.8, 4) is 0 Å². The van der Waals surface area contributed by atoms with Gasteiger partial charge in [-0.3, -0.25) is 10.1 Å². The van der Waals surface area contributed by atoms with E-state index >= 15 is 0 Å². The molecular formula is C12H14BrN5O2S. The van der Waals surface area contributed by atoms with E-state index < -0.39 is 4.92 Å². The lowest BCUT2D eigenvalue weighted by atomic mass is 10.4. The zero-order valence-electron chi connectivity index (χ0n) is 11.3. The summed E-state index contributed by atoms with van der Waals surface area (Å²) >= 11 is 4.95. The molecule has 0 unspecified atom stereocenters. The van der Waals surface area contributed by atoms with Crippen molar-refractivity contribution in [2.45, 2.75) is 19.9 Å². The highest BCUT2D eigenvalue weighted by Crippen LogP contribution is 2.25. The van der Waals surface area contributed by atoms with Crippen LogP contribution in [0.2, 0.25) is 0 Å². The van der Waals surface area contributed by atoms with E-state index in [2.05, 4.69) is 36.5 Å². The molecule has 0 saturated heterocycles. The molecule has 2 aromatic heterocycles. The standard InChI is InChI=1S/C12H14BrN5O2S/c1-2-5-14-12-16-7-9(18(19)20)11(17-12)15-6-8-3-4-10(13)21-8/h3-4,7H,2,5-6H2,1H3,(H2,14,15,16,17). The Morgan fingerprint density at radius 1 is 1.43 bits per heavy atom. The van der Waals surface area contributed by atoms with Gasteiger partial charge < -0.3 is 10.6 Å². The van der Waals surface area contributed by atoms with Gasteiger partial charge in [0.1, 0.15) is 6.20 Å². The Morgan fingerprint density at radius 2 is 2.24 bits per heavy atom. The van der Waals surface area contributed by atoms with Gasteiger partial charge in [0.05, 0.1) is 15.3 Å². The molecule has 0 aliphatic carbocycles. The highest BCUT2D eigenvalue weighted by Gasteiger charge is 2.17. The van der Waals surface area contributed by atoms with Crippen molar-refractivity contribution in [2.75, 3.05) is 17.2 Å². The number of nitrogens with zero attached hydrogens (tertiary/aromatic N) is 3. The third kappa shape index (κ3) is 4.36. The molecule has 0 aliphatic rings. The lowest BCUT2D eigenvalue weighted by molar-refractivity contribution is -0.384. The molecule has 0 saturated carbocycles. The van der Waals surface area contributed by atoms with Gasteiger partial charge in [-0.05, 0) is 34.5 Å². The predicted molar refractivity (Wildman–Crippen MR) is 86.8 cm³/mol. The molecule has 0 fully saturated rings. The lowest BCUT2D eigenvalue weighted by Crippen LogP contribution is -2.09. The lowest BCUT2D eigenvalue weighted by Gasteiger charge is -2.07. The molecule has 0 radical (unpaired) electrons. The van der Waals surface area contributed by atoms with E-state index in [0.717, 1.165) is 21.6 Å². The zero-order chi connectivity index (χ0) is 15.2. The number of anilines is 2. The molecule has 2 N–H and O–H groups in total. The Bertz CT molecular complexity index is 634. The average Bonchev–Trinajstić information content (AvgIpc) is 2.88. The smallest absolute Gasteiger partial charge is 0.329 e. The maximum atomic E-state index is 11.0. The van der Waals surface area contributed by atoms with Crippen LogP contribution in [0.4, 0.5) is 17.5 Å². The summed E-state index contributed by atoms with van der Waals surface area (Å²) in [5.41, 5.74) is -0.132. The van der Waals surface area contributed by atoms with Crippen LogP contribution in [-0.2, 0) is 6.54 Å². The normalized spacial score (nSPS) is 10.4. The van der Waals surface area contributed by atoms with Crippen LogP contribution in [-0.4, -0.2) is 21.4 Å². The van der Waals surface area contributed by atoms with E-state index in [1.807, 2.05) is 19.1 Å². The van der Waals surface area contributed by atoms with E-state index in [0.29, 0.717) is 12.5 Å².